The Labute approximate surface area is 127 Å². The standard InChI is InChI=1S/C17H26N2O2/c1-13(2)17(14-6-4-3-5-7-14)19-16(20)12-21-15-8-10-18-11-9-15/h3-7,13,15,17-18H,8-12H2,1-2H3,(H,19,20). The Hall–Kier alpha value is -1.39. The molecule has 0 bridgehead atoms. The normalized spacial score (nSPS) is 17.7. The number of amides is 1. The first-order valence-electron chi connectivity index (χ1n) is 7.83. The van der Waals surface area contributed by atoms with Gasteiger partial charge in [-0.05, 0) is 37.4 Å². The van der Waals surface area contributed by atoms with Crippen LogP contribution in [0.2, 0.25) is 0 Å². The van der Waals surface area contributed by atoms with Gasteiger partial charge in [-0.3, -0.25) is 4.79 Å². The first-order chi connectivity index (χ1) is 10.2. The fourth-order valence-electron chi connectivity index (χ4n) is 2.67. The molecule has 1 aliphatic rings. The van der Waals surface area contributed by atoms with Gasteiger partial charge in [0.15, 0.2) is 0 Å². The van der Waals surface area contributed by atoms with Gasteiger partial charge in [0.1, 0.15) is 6.61 Å². The molecule has 0 aliphatic carbocycles. The van der Waals surface area contributed by atoms with Crippen LogP contribution in [0.1, 0.15) is 38.3 Å². The lowest BCUT2D eigenvalue weighted by atomic mass is 9.96. The number of nitrogens with one attached hydrogen (secondary N) is 2. The molecule has 1 heterocycles. The maximum atomic E-state index is 12.1. The van der Waals surface area contributed by atoms with Gasteiger partial charge in [-0.1, -0.05) is 44.2 Å². The van der Waals surface area contributed by atoms with Gasteiger partial charge in [0, 0.05) is 0 Å². The number of carbonyl (C=O) groups is 1. The average molecular weight is 290 g/mol. The molecule has 0 spiro atoms. The van der Waals surface area contributed by atoms with Crippen molar-refractivity contribution < 1.29 is 9.53 Å². The molecule has 1 amide bonds. The van der Waals surface area contributed by atoms with E-state index >= 15 is 0 Å². The first kappa shape index (κ1) is 16.0. The van der Waals surface area contributed by atoms with Crippen LogP contribution in [0.25, 0.3) is 0 Å². The smallest absolute Gasteiger partial charge is 0.246 e. The van der Waals surface area contributed by atoms with E-state index in [2.05, 4.69) is 36.6 Å². The van der Waals surface area contributed by atoms with E-state index in [1.165, 1.54) is 0 Å². The van der Waals surface area contributed by atoms with Crippen LogP contribution in [0.5, 0.6) is 0 Å². The molecule has 1 aromatic rings. The number of piperidine rings is 1. The van der Waals surface area contributed by atoms with Gasteiger partial charge in [-0.2, -0.15) is 0 Å². The number of hydrogen-bond donors (Lipinski definition) is 2. The quantitative estimate of drug-likeness (QED) is 0.845. The molecular formula is C17H26N2O2. The Kier molecular flexibility index (Phi) is 6.21. The topological polar surface area (TPSA) is 50.4 Å². The Morgan fingerprint density at radius 1 is 1.29 bits per heavy atom. The maximum absolute atomic E-state index is 12.1. The van der Waals surface area contributed by atoms with Crippen molar-refractivity contribution in [2.75, 3.05) is 19.7 Å². The number of rotatable bonds is 6. The zero-order valence-corrected chi connectivity index (χ0v) is 13.0. The van der Waals surface area contributed by atoms with Crippen molar-refractivity contribution in [1.29, 1.82) is 0 Å². The monoisotopic (exact) mass is 290 g/mol. The van der Waals surface area contributed by atoms with Crippen LogP contribution in [0.3, 0.4) is 0 Å². The third-order valence-corrected chi connectivity index (χ3v) is 3.88. The summed E-state index contributed by atoms with van der Waals surface area (Å²) in [5.74, 6) is 0.311. The van der Waals surface area contributed by atoms with Crippen molar-refractivity contribution in [3.63, 3.8) is 0 Å². The molecule has 1 saturated heterocycles. The highest BCUT2D eigenvalue weighted by Gasteiger charge is 2.19. The van der Waals surface area contributed by atoms with E-state index in [4.69, 9.17) is 4.74 Å². The lowest BCUT2D eigenvalue weighted by Gasteiger charge is -2.25. The largest absolute Gasteiger partial charge is 0.368 e. The van der Waals surface area contributed by atoms with Crippen LogP contribution in [0.15, 0.2) is 30.3 Å². The second-order valence-corrected chi connectivity index (χ2v) is 5.96. The number of benzene rings is 1. The number of carbonyl (C=O) groups excluding carboxylic acids is 1. The zero-order valence-electron chi connectivity index (χ0n) is 13.0. The average Bonchev–Trinajstić information content (AvgIpc) is 2.52. The van der Waals surface area contributed by atoms with Crippen molar-refractivity contribution in [3.05, 3.63) is 35.9 Å². The summed E-state index contributed by atoms with van der Waals surface area (Å²) in [7, 11) is 0. The summed E-state index contributed by atoms with van der Waals surface area (Å²) >= 11 is 0. The summed E-state index contributed by atoms with van der Waals surface area (Å²) in [4.78, 5) is 12.1. The summed E-state index contributed by atoms with van der Waals surface area (Å²) in [5, 5.41) is 6.38. The fourth-order valence-corrected chi connectivity index (χ4v) is 2.67. The summed E-state index contributed by atoms with van der Waals surface area (Å²) in [6, 6.07) is 10.1. The van der Waals surface area contributed by atoms with Crippen LogP contribution >= 0.6 is 0 Å². The molecule has 2 rings (SSSR count). The summed E-state index contributed by atoms with van der Waals surface area (Å²) in [6.07, 6.45) is 2.19. The summed E-state index contributed by atoms with van der Waals surface area (Å²) in [5.41, 5.74) is 1.14. The molecule has 4 heteroatoms. The van der Waals surface area contributed by atoms with Crippen molar-refractivity contribution in [3.8, 4) is 0 Å². The minimum atomic E-state index is -0.0314. The second kappa shape index (κ2) is 8.15. The third-order valence-electron chi connectivity index (χ3n) is 3.88. The highest BCUT2D eigenvalue weighted by molar-refractivity contribution is 5.77. The summed E-state index contributed by atoms with van der Waals surface area (Å²) < 4.78 is 5.71. The van der Waals surface area contributed by atoms with Crippen molar-refractivity contribution in [1.82, 2.24) is 10.6 Å². The minimum Gasteiger partial charge on any atom is -0.368 e. The first-order valence-corrected chi connectivity index (χ1v) is 7.83. The molecule has 1 aliphatic heterocycles. The van der Waals surface area contributed by atoms with Gasteiger partial charge in [-0.15, -0.1) is 0 Å². The number of hydrogen-bond acceptors (Lipinski definition) is 3. The van der Waals surface area contributed by atoms with E-state index in [9.17, 15) is 4.79 Å². The van der Waals surface area contributed by atoms with Crippen molar-refractivity contribution in [2.24, 2.45) is 5.92 Å². The molecule has 1 atom stereocenters. The second-order valence-electron chi connectivity index (χ2n) is 5.96. The molecule has 4 nitrogen and oxygen atoms in total. The van der Waals surface area contributed by atoms with E-state index in [0.717, 1.165) is 31.5 Å². The highest BCUT2D eigenvalue weighted by atomic mass is 16.5. The SMILES string of the molecule is CC(C)C(NC(=O)COC1CCNCC1)c1ccccc1. The fraction of sp³-hybridized carbons (Fsp3) is 0.588. The van der Waals surface area contributed by atoms with Gasteiger partial charge in [-0.25, -0.2) is 0 Å². The lowest BCUT2D eigenvalue weighted by Crippen LogP contribution is -2.38. The third kappa shape index (κ3) is 5.14. The Bertz CT molecular complexity index is 428. The van der Waals surface area contributed by atoms with Crippen LogP contribution < -0.4 is 10.6 Å². The van der Waals surface area contributed by atoms with Gasteiger partial charge < -0.3 is 15.4 Å². The Morgan fingerprint density at radius 3 is 2.57 bits per heavy atom. The maximum Gasteiger partial charge on any atom is 0.246 e. The van der Waals surface area contributed by atoms with Crippen LogP contribution in [-0.4, -0.2) is 31.7 Å². The minimum absolute atomic E-state index is 0.0314. The predicted octanol–water partition coefficient (Wildman–Crippen LogP) is 2.27. The van der Waals surface area contributed by atoms with Crippen molar-refractivity contribution in [2.45, 2.75) is 38.8 Å². The van der Waals surface area contributed by atoms with Gasteiger partial charge in [0.25, 0.3) is 0 Å². The molecule has 0 aromatic heterocycles. The van der Waals surface area contributed by atoms with Crippen molar-refractivity contribution >= 4 is 5.91 Å². The van der Waals surface area contributed by atoms with Gasteiger partial charge in [0.2, 0.25) is 5.91 Å². The summed E-state index contributed by atoms with van der Waals surface area (Å²) in [6.45, 7) is 6.34. The van der Waals surface area contributed by atoms with Gasteiger partial charge in [0.05, 0.1) is 12.1 Å². The molecule has 1 aromatic carbocycles. The zero-order chi connectivity index (χ0) is 15.1. The highest BCUT2D eigenvalue weighted by Crippen LogP contribution is 2.21. The molecule has 0 radical (unpaired) electrons. The van der Waals surface area contributed by atoms with Gasteiger partial charge >= 0.3 is 0 Å². The van der Waals surface area contributed by atoms with E-state index in [1.807, 2.05) is 18.2 Å². The number of ether oxygens (including phenoxy) is 1. The predicted molar refractivity (Wildman–Crippen MR) is 84.0 cm³/mol. The van der Waals surface area contributed by atoms with E-state index < -0.39 is 0 Å². The Balaban J connectivity index is 1.84. The molecule has 0 saturated carbocycles. The van der Waals surface area contributed by atoms with Crippen LogP contribution in [0, 0.1) is 5.92 Å². The van der Waals surface area contributed by atoms with Crippen LogP contribution in [0.4, 0.5) is 0 Å². The molecular weight excluding hydrogens is 264 g/mol. The van der Waals surface area contributed by atoms with Crippen LogP contribution in [-0.2, 0) is 9.53 Å². The molecule has 1 unspecified atom stereocenters. The van der Waals surface area contributed by atoms with E-state index in [0.29, 0.717) is 5.92 Å². The van der Waals surface area contributed by atoms with E-state index in [1.54, 1.807) is 0 Å². The van der Waals surface area contributed by atoms with E-state index in [-0.39, 0.29) is 24.7 Å². The lowest BCUT2D eigenvalue weighted by molar-refractivity contribution is -0.129. The molecule has 21 heavy (non-hydrogen) atoms. The Morgan fingerprint density at radius 2 is 1.95 bits per heavy atom. The molecule has 1 fully saturated rings. The molecule has 2 N–H and O–H groups in total. The molecule has 116 valence electrons.